The molecule has 2 heterocycles. The van der Waals surface area contributed by atoms with Crippen molar-refractivity contribution in [1.29, 1.82) is 0 Å². The van der Waals surface area contributed by atoms with Gasteiger partial charge >= 0.3 is 0 Å². The fourth-order valence-corrected chi connectivity index (χ4v) is 3.29. The van der Waals surface area contributed by atoms with Crippen LogP contribution in [0.5, 0.6) is 0 Å². The minimum Gasteiger partial charge on any atom is -0.361 e. The van der Waals surface area contributed by atoms with Crippen molar-refractivity contribution in [1.82, 2.24) is 20.3 Å². The zero-order valence-electron chi connectivity index (χ0n) is 16.4. The van der Waals surface area contributed by atoms with Gasteiger partial charge in [0.25, 0.3) is 17.5 Å². The normalized spacial score (nSPS) is 14.6. The minimum absolute atomic E-state index is 0.0688. The van der Waals surface area contributed by atoms with E-state index < -0.39 is 4.92 Å². The number of piperazine rings is 1. The molecule has 2 amide bonds. The van der Waals surface area contributed by atoms with Gasteiger partial charge in [0.1, 0.15) is 5.76 Å². The summed E-state index contributed by atoms with van der Waals surface area (Å²) < 4.78 is 4.95. The summed E-state index contributed by atoms with van der Waals surface area (Å²) in [5, 5.41) is 17.6. The second-order valence-corrected chi connectivity index (χ2v) is 6.92. The molecule has 0 saturated carbocycles. The number of carbonyl (C=O) groups excluding carboxylic acids is 2. The highest BCUT2D eigenvalue weighted by Gasteiger charge is 2.24. The molecule has 1 aliphatic heterocycles. The van der Waals surface area contributed by atoms with Gasteiger partial charge in [0.2, 0.25) is 0 Å². The van der Waals surface area contributed by atoms with Crippen LogP contribution in [0, 0.1) is 24.0 Å². The standard InChI is InChI=1S/C19H23N5O5/c1-13-12-16(21-29-13)19(26)23-10-8-22(9-11-23)7-6-20-18(25)15-4-3-5-17(14(15)2)24(27)28/h3-5,12H,6-11H2,1-2H3,(H,20,25). The third-order valence-corrected chi connectivity index (χ3v) is 4.97. The van der Waals surface area contributed by atoms with Gasteiger partial charge in [-0.05, 0) is 19.9 Å². The Labute approximate surface area is 167 Å². The highest BCUT2D eigenvalue weighted by atomic mass is 16.6. The molecular formula is C19H23N5O5. The molecule has 1 N–H and O–H groups in total. The molecule has 0 aliphatic carbocycles. The van der Waals surface area contributed by atoms with Gasteiger partial charge < -0.3 is 14.7 Å². The summed E-state index contributed by atoms with van der Waals surface area (Å²) in [7, 11) is 0. The van der Waals surface area contributed by atoms with Crippen LogP contribution in [0.4, 0.5) is 5.69 Å². The molecule has 0 bridgehead atoms. The molecule has 29 heavy (non-hydrogen) atoms. The van der Waals surface area contributed by atoms with Crippen LogP contribution in [-0.4, -0.2) is 71.0 Å². The van der Waals surface area contributed by atoms with Crippen molar-refractivity contribution in [2.45, 2.75) is 13.8 Å². The second kappa shape index (κ2) is 8.82. The molecule has 1 saturated heterocycles. The van der Waals surface area contributed by atoms with Gasteiger partial charge in [0, 0.05) is 62.5 Å². The summed E-state index contributed by atoms with van der Waals surface area (Å²) in [5.41, 5.74) is 0.902. The Morgan fingerprint density at radius 2 is 1.97 bits per heavy atom. The van der Waals surface area contributed by atoms with Gasteiger partial charge in [-0.1, -0.05) is 11.2 Å². The lowest BCUT2D eigenvalue weighted by molar-refractivity contribution is -0.385. The maximum atomic E-state index is 12.4. The Morgan fingerprint density at radius 1 is 1.24 bits per heavy atom. The third-order valence-electron chi connectivity index (χ3n) is 4.97. The Kier molecular flexibility index (Phi) is 6.23. The predicted molar refractivity (Wildman–Crippen MR) is 104 cm³/mol. The third kappa shape index (κ3) is 4.77. The van der Waals surface area contributed by atoms with E-state index in [2.05, 4.69) is 15.4 Å². The number of aryl methyl sites for hydroxylation is 1. The van der Waals surface area contributed by atoms with Gasteiger partial charge in [-0.2, -0.15) is 0 Å². The number of nitrogens with one attached hydrogen (secondary N) is 1. The number of nitro groups is 1. The van der Waals surface area contributed by atoms with E-state index in [0.717, 1.165) is 0 Å². The average molecular weight is 401 g/mol. The van der Waals surface area contributed by atoms with Gasteiger partial charge in [-0.3, -0.25) is 24.6 Å². The monoisotopic (exact) mass is 401 g/mol. The van der Waals surface area contributed by atoms with E-state index in [4.69, 9.17) is 4.52 Å². The quantitative estimate of drug-likeness (QED) is 0.573. The lowest BCUT2D eigenvalue weighted by Gasteiger charge is -2.34. The first-order valence-corrected chi connectivity index (χ1v) is 9.34. The first-order chi connectivity index (χ1) is 13.9. The van der Waals surface area contributed by atoms with E-state index in [1.54, 1.807) is 30.9 Å². The molecular weight excluding hydrogens is 378 g/mol. The smallest absolute Gasteiger partial charge is 0.276 e. The van der Waals surface area contributed by atoms with Crippen LogP contribution in [0.1, 0.15) is 32.2 Å². The maximum absolute atomic E-state index is 12.4. The molecule has 0 atom stereocenters. The van der Waals surface area contributed by atoms with Crippen molar-refractivity contribution >= 4 is 17.5 Å². The molecule has 1 aromatic heterocycles. The fraction of sp³-hybridized carbons (Fsp3) is 0.421. The van der Waals surface area contributed by atoms with Crippen LogP contribution >= 0.6 is 0 Å². The minimum atomic E-state index is -0.493. The number of nitro benzene ring substituents is 1. The molecule has 1 aromatic carbocycles. The number of rotatable bonds is 6. The summed E-state index contributed by atoms with van der Waals surface area (Å²) >= 11 is 0. The van der Waals surface area contributed by atoms with Crippen LogP contribution in [0.3, 0.4) is 0 Å². The lowest BCUT2D eigenvalue weighted by Crippen LogP contribution is -2.50. The van der Waals surface area contributed by atoms with Gasteiger partial charge in [0.15, 0.2) is 5.69 Å². The van der Waals surface area contributed by atoms with E-state index in [1.165, 1.54) is 12.1 Å². The van der Waals surface area contributed by atoms with Gasteiger partial charge in [-0.15, -0.1) is 0 Å². The van der Waals surface area contributed by atoms with E-state index in [9.17, 15) is 19.7 Å². The number of hydrogen-bond acceptors (Lipinski definition) is 7. The lowest BCUT2D eigenvalue weighted by atomic mass is 10.1. The zero-order chi connectivity index (χ0) is 21.0. The van der Waals surface area contributed by atoms with Crippen LogP contribution < -0.4 is 5.32 Å². The van der Waals surface area contributed by atoms with Crippen molar-refractivity contribution in [2.24, 2.45) is 0 Å². The molecule has 1 fully saturated rings. The zero-order valence-corrected chi connectivity index (χ0v) is 16.4. The summed E-state index contributed by atoms with van der Waals surface area (Å²) in [6.45, 7) is 6.88. The summed E-state index contributed by atoms with van der Waals surface area (Å²) in [4.78, 5) is 39.1. The number of nitrogens with zero attached hydrogens (tertiary/aromatic N) is 4. The molecule has 10 heteroatoms. The maximum Gasteiger partial charge on any atom is 0.276 e. The first-order valence-electron chi connectivity index (χ1n) is 9.34. The van der Waals surface area contributed by atoms with E-state index in [-0.39, 0.29) is 17.5 Å². The van der Waals surface area contributed by atoms with Crippen LogP contribution in [0.25, 0.3) is 0 Å². The number of amides is 2. The molecule has 10 nitrogen and oxygen atoms in total. The van der Waals surface area contributed by atoms with E-state index in [1.807, 2.05) is 0 Å². The molecule has 1 aliphatic rings. The highest BCUT2D eigenvalue weighted by molar-refractivity contribution is 5.96. The summed E-state index contributed by atoms with van der Waals surface area (Å²) in [6, 6.07) is 6.09. The van der Waals surface area contributed by atoms with Crippen molar-refractivity contribution in [3.63, 3.8) is 0 Å². The van der Waals surface area contributed by atoms with Crippen LogP contribution in [0.2, 0.25) is 0 Å². The number of benzene rings is 1. The highest BCUT2D eigenvalue weighted by Crippen LogP contribution is 2.20. The number of hydrogen-bond donors (Lipinski definition) is 1. The predicted octanol–water partition coefficient (Wildman–Crippen LogP) is 1.39. The first kappa shape index (κ1) is 20.5. The van der Waals surface area contributed by atoms with Crippen molar-refractivity contribution in [3.8, 4) is 0 Å². The molecule has 0 radical (unpaired) electrons. The van der Waals surface area contributed by atoms with Crippen molar-refractivity contribution in [3.05, 3.63) is 57.0 Å². The van der Waals surface area contributed by atoms with Gasteiger partial charge in [-0.25, -0.2) is 0 Å². The second-order valence-electron chi connectivity index (χ2n) is 6.92. The largest absolute Gasteiger partial charge is 0.361 e. The van der Waals surface area contributed by atoms with Crippen LogP contribution in [-0.2, 0) is 0 Å². The Hall–Kier alpha value is -3.27. The van der Waals surface area contributed by atoms with E-state index in [0.29, 0.717) is 61.8 Å². The van der Waals surface area contributed by atoms with E-state index >= 15 is 0 Å². The molecule has 154 valence electrons. The van der Waals surface area contributed by atoms with Gasteiger partial charge in [0.05, 0.1) is 4.92 Å². The Balaban J connectivity index is 1.45. The Bertz CT molecular complexity index is 917. The topological polar surface area (TPSA) is 122 Å². The fourth-order valence-electron chi connectivity index (χ4n) is 3.29. The summed E-state index contributed by atoms with van der Waals surface area (Å²) in [5.74, 6) is 0.124. The SMILES string of the molecule is Cc1cc(C(=O)N2CCN(CCNC(=O)c3cccc([N+](=O)[O-])c3C)CC2)no1. The number of aromatic nitrogens is 1. The number of carbonyl (C=O) groups is 2. The summed E-state index contributed by atoms with van der Waals surface area (Å²) in [6.07, 6.45) is 0. The molecule has 0 spiro atoms. The molecule has 2 aromatic rings. The molecule has 3 rings (SSSR count). The average Bonchev–Trinajstić information content (AvgIpc) is 3.14. The van der Waals surface area contributed by atoms with Crippen molar-refractivity contribution < 1.29 is 19.0 Å². The van der Waals surface area contributed by atoms with Crippen molar-refractivity contribution in [2.75, 3.05) is 39.3 Å². The van der Waals surface area contributed by atoms with Crippen LogP contribution in [0.15, 0.2) is 28.8 Å². The molecule has 0 unspecified atom stereocenters. The Morgan fingerprint density at radius 3 is 2.59 bits per heavy atom.